The summed E-state index contributed by atoms with van der Waals surface area (Å²) >= 11 is 4.92. The molecule has 6 heteroatoms. The lowest BCUT2D eigenvalue weighted by molar-refractivity contribution is 0.597. The fourth-order valence-electron chi connectivity index (χ4n) is 1.55. The molecule has 1 rings (SSSR count). The third-order valence-electron chi connectivity index (χ3n) is 2.67. The summed E-state index contributed by atoms with van der Waals surface area (Å²) in [6.45, 7) is 3.97. The molecule has 0 amide bonds. The van der Waals surface area contributed by atoms with Crippen molar-refractivity contribution in [3.63, 3.8) is 0 Å². The molecule has 0 aliphatic heterocycles. The normalized spacial score (nSPS) is 11.2. The zero-order valence-corrected chi connectivity index (χ0v) is 12.2. The Balaban J connectivity index is 2.65. The second-order valence-corrected chi connectivity index (χ2v) is 6.97. The number of thiocarbonyl (C=S) groups is 1. The second-order valence-electron chi connectivity index (χ2n) is 4.06. The minimum atomic E-state index is -2.92. The lowest BCUT2D eigenvalue weighted by Crippen LogP contribution is -2.17. The number of benzene rings is 1. The van der Waals surface area contributed by atoms with E-state index >= 15 is 0 Å². The Morgan fingerprint density at radius 1 is 1.44 bits per heavy atom. The number of rotatable bonds is 6. The summed E-state index contributed by atoms with van der Waals surface area (Å²) in [7, 11) is -2.92. The first-order valence-corrected chi connectivity index (χ1v) is 7.93. The van der Waals surface area contributed by atoms with E-state index in [1.165, 1.54) is 0 Å². The van der Waals surface area contributed by atoms with Crippen molar-refractivity contribution in [3.8, 4) is 0 Å². The second kappa shape index (κ2) is 6.15. The summed E-state index contributed by atoms with van der Waals surface area (Å²) in [6, 6.07) is 5.60. The topological polar surface area (TPSA) is 72.2 Å². The van der Waals surface area contributed by atoms with Crippen LogP contribution in [0.25, 0.3) is 0 Å². The molecule has 4 nitrogen and oxygen atoms in total. The number of anilines is 1. The van der Waals surface area contributed by atoms with Crippen LogP contribution in [-0.4, -0.2) is 31.5 Å². The molecule has 1 aromatic rings. The zero-order chi connectivity index (χ0) is 13.8. The number of hydrogen-bond acceptors (Lipinski definition) is 4. The fraction of sp³-hybridized carbons (Fsp3) is 0.417. The van der Waals surface area contributed by atoms with Crippen LogP contribution >= 0.6 is 12.2 Å². The van der Waals surface area contributed by atoms with Crippen LogP contribution in [0, 0.1) is 6.92 Å². The van der Waals surface area contributed by atoms with Crippen LogP contribution < -0.4 is 11.1 Å². The molecule has 0 saturated heterocycles. The summed E-state index contributed by atoms with van der Waals surface area (Å²) in [4.78, 5) is 0.368. The van der Waals surface area contributed by atoms with Crippen LogP contribution in [0.15, 0.2) is 18.2 Å². The molecule has 0 saturated carbocycles. The molecule has 3 N–H and O–H groups in total. The molecule has 0 bridgehead atoms. The minimum Gasteiger partial charge on any atom is -0.389 e. The Hall–Kier alpha value is -1.14. The highest BCUT2D eigenvalue weighted by molar-refractivity contribution is 7.91. The monoisotopic (exact) mass is 286 g/mol. The summed E-state index contributed by atoms with van der Waals surface area (Å²) in [5.74, 6) is 0.313. The molecule has 0 heterocycles. The number of aryl methyl sites for hydroxylation is 1. The van der Waals surface area contributed by atoms with Gasteiger partial charge in [-0.1, -0.05) is 19.1 Å². The molecule has 0 aliphatic carbocycles. The van der Waals surface area contributed by atoms with Crippen LogP contribution in [0.3, 0.4) is 0 Å². The molecule has 0 aromatic heterocycles. The SMILES string of the molecule is CCS(=O)(=O)CCNc1ccc(C(N)=S)c(C)c1. The van der Waals surface area contributed by atoms with Crippen molar-refractivity contribution < 1.29 is 8.42 Å². The van der Waals surface area contributed by atoms with Gasteiger partial charge in [-0.05, 0) is 30.7 Å². The first-order chi connectivity index (χ1) is 8.35. The number of nitrogens with two attached hydrogens (primary N) is 1. The van der Waals surface area contributed by atoms with Crippen molar-refractivity contribution in [2.75, 3.05) is 23.4 Å². The van der Waals surface area contributed by atoms with Crippen molar-refractivity contribution in [3.05, 3.63) is 29.3 Å². The first-order valence-electron chi connectivity index (χ1n) is 5.70. The van der Waals surface area contributed by atoms with Gasteiger partial charge >= 0.3 is 0 Å². The molecular formula is C12H18N2O2S2. The van der Waals surface area contributed by atoms with Gasteiger partial charge in [0.05, 0.1) is 5.75 Å². The molecule has 0 aliphatic rings. The summed E-state index contributed by atoms with van der Waals surface area (Å²) < 4.78 is 22.7. The standard InChI is InChI=1S/C12H18N2O2S2/c1-3-18(15,16)7-6-14-10-4-5-11(12(13)17)9(2)8-10/h4-5,8,14H,3,6-7H2,1-2H3,(H2,13,17). The van der Waals surface area contributed by atoms with Gasteiger partial charge in [-0.25, -0.2) is 8.42 Å². The van der Waals surface area contributed by atoms with Gasteiger partial charge < -0.3 is 11.1 Å². The van der Waals surface area contributed by atoms with E-state index in [2.05, 4.69) is 5.32 Å². The van der Waals surface area contributed by atoms with Crippen molar-refractivity contribution in [1.82, 2.24) is 0 Å². The van der Waals surface area contributed by atoms with Gasteiger partial charge in [0.25, 0.3) is 0 Å². The van der Waals surface area contributed by atoms with E-state index in [1.54, 1.807) is 6.92 Å². The highest BCUT2D eigenvalue weighted by Gasteiger charge is 2.07. The average Bonchev–Trinajstić information content (AvgIpc) is 2.28. The molecule has 0 unspecified atom stereocenters. The highest BCUT2D eigenvalue weighted by atomic mass is 32.2. The maximum absolute atomic E-state index is 11.3. The summed E-state index contributed by atoms with van der Waals surface area (Å²) in [5.41, 5.74) is 8.27. The minimum absolute atomic E-state index is 0.138. The molecule has 0 fully saturated rings. The van der Waals surface area contributed by atoms with E-state index in [4.69, 9.17) is 18.0 Å². The largest absolute Gasteiger partial charge is 0.389 e. The molecule has 18 heavy (non-hydrogen) atoms. The molecule has 0 radical (unpaired) electrons. The Morgan fingerprint density at radius 3 is 2.61 bits per heavy atom. The Labute approximate surface area is 113 Å². The van der Waals surface area contributed by atoms with Gasteiger partial charge in [0.2, 0.25) is 0 Å². The fourth-order valence-corrected chi connectivity index (χ4v) is 2.48. The van der Waals surface area contributed by atoms with E-state index in [0.717, 1.165) is 16.8 Å². The molecular weight excluding hydrogens is 268 g/mol. The number of hydrogen-bond donors (Lipinski definition) is 2. The lowest BCUT2D eigenvalue weighted by atomic mass is 10.1. The maximum atomic E-state index is 11.3. The van der Waals surface area contributed by atoms with Crippen molar-refractivity contribution in [2.45, 2.75) is 13.8 Å². The summed E-state index contributed by atoms with van der Waals surface area (Å²) in [5, 5.41) is 3.08. The highest BCUT2D eigenvalue weighted by Crippen LogP contribution is 2.15. The van der Waals surface area contributed by atoms with Crippen molar-refractivity contribution in [1.29, 1.82) is 0 Å². The van der Waals surface area contributed by atoms with E-state index in [0.29, 0.717) is 11.5 Å². The smallest absolute Gasteiger partial charge is 0.151 e. The van der Waals surface area contributed by atoms with Crippen LogP contribution in [0.5, 0.6) is 0 Å². The first kappa shape index (κ1) is 14.9. The van der Waals surface area contributed by atoms with E-state index < -0.39 is 9.84 Å². The van der Waals surface area contributed by atoms with Gasteiger partial charge in [-0.15, -0.1) is 0 Å². The maximum Gasteiger partial charge on any atom is 0.151 e. The number of nitrogens with one attached hydrogen (secondary N) is 1. The van der Waals surface area contributed by atoms with Crippen molar-refractivity contribution >= 4 is 32.7 Å². The predicted octanol–water partition coefficient (Wildman–Crippen LogP) is 1.48. The van der Waals surface area contributed by atoms with Crippen LogP contribution in [0.1, 0.15) is 18.1 Å². The lowest BCUT2D eigenvalue weighted by Gasteiger charge is -2.09. The van der Waals surface area contributed by atoms with Gasteiger partial charge in [0.1, 0.15) is 4.99 Å². The van der Waals surface area contributed by atoms with Crippen LogP contribution in [-0.2, 0) is 9.84 Å². The quantitative estimate of drug-likeness (QED) is 0.775. The third kappa shape index (κ3) is 4.27. The van der Waals surface area contributed by atoms with Gasteiger partial charge in [-0.2, -0.15) is 0 Å². The predicted molar refractivity (Wildman–Crippen MR) is 79.9 cm³/mol. The molecule has 100 valence electrons. The van der Waals surface area contributed by atoms with Gasteiger partial charge in [0.15, 0.2) is 9.84 Å². The van der Waals surface area contributed by atoms with E-state index in [9.17, 15) is 8.42 Å². The molecule has 1 aromatic carbocycles. The van der Waals surface area contributed by atoms with Crippen LogP contribution in [0.2, 0.25) is 0 Å². The zero-order valence-electron chi connectivity index (χ0n) is 10.6. The van der Waals surface area contributed by atoms with E-state index in [-0.39, 0.29) is 11.5 Å². The van der Waals surface area contributed by atoms with Gasteiger partial charge in [-0.3, -0.25) is 0 Å². The van der Waals surface area contributed by atoms with E-state index in [1.807, 2.05) is 25.1 Å². The summed E-state index contributed by atoms with van der Waals surface area (Å²) in [6.07, 6.45) is 0. The van der Waals surface area contributed by atoms with Crippen molar-refractivity contribution in [2.24, 2.45) is 5.73 Å². The third-order valence-corrected chi connectivity index (χ3v) is 4.60. The van der Waals surface area contributed by atoms with Gasteiger partial charge in [0, 0.05) is 23.5 Å². The number of sulfone groups is 1. The molecule has 0 spiro atoms. The van der Waals surface area contributed by atoms with Crippen LogP contribution in [0.4, 0.5) is 5.69 Å². The molecule has 0 atom stereocenters. The Morgan fingerprint density at radius 2 is 2.11 bits per heavy atom. The Bertz CT molecular complexity index is 539. The Kier molecular flexibility index (Phi) is 5.10. The average molecular weight is 286 g/mol.